The molecule has 1 aliphatic rings. The molecule has 0 aromatic heterocycles. The molecule has 6 nitrogen and oxygen atoms in total. The Morgan fingerprint density at radius 1 is 1.00 bits per heavy atom. The van der Waals surface area contributed by atoms with Gasteiger partial charge < -0.3 is 9.84 Å². The highest BCUT2D eigenvalue weighted by atomic mass is 35.5. The maximum Gasteiger partial charge on any atom is 0.335 e. The van der Waals surface area contributed by atoms with E-state index in [0.29, 0.717) is 27.9 Å². The lowest BCUT2D eigenvalue weighted by molar-refractivity contribution is -0.113. The zero-order chi connectivity index (χ0) is 22.0. The number of aliphatic imine (C=N–C) groups is 1. The average Bonchev–Trinajstić information content (AvgIpc) is 3.10. The highest BCUT2D eigenvalue weighted by Gasteiger charge is 2.32. The number of amidine groups is 1. The van der Waals surface area contributed by atoms with Crippen molar-refractivity contribution >= 4 is 41.1 Å². The summed E-state index contributed by atoms with van der Waals surface area (Å²) in [6.07, 6.45) is 1.63. The van der Waals surface area contributed by atoms with Gasteiger partial charge >= 0.3 is 5.97 Å². The highest BCUT2D eigenvalue weighted by molar-refractivity contribution is 6.34. The van der Waals surface area contributed by atoms with E-state index < -0.39 is 5.97 Å². The number of hydrogen-bond acceptors (Lipinski definition) is 4. The molecule has 1 aliphatic heterocycles. The molecule has 1 amide bonds. The minimum atomic E-state index is -1.01. The Morgan fingerprint density at radius 2 is 1.65 bits per heavy atom. The molecular weight excluding hydrogens is 416 g/mol. The first-order valence-corrected chi connectivity index (χ1v) is 9.72. The standard InChI is InChI=1S/C24H17ClN2O4/c1-31-20-12-10-19(11-13-20)27-22(16-6-8-18(25)9-7-16)26-21(23(27)28)14-15-2-4-17(5-3-15)24(29)30/h2-14H,1H3,(H,29,30)/b21-14+. The summed E-state index contributed by atoms with van der Waals surface area (Å²) >= 11 is 6.02. The van der Waals surface area contributed by atoms with Gasteiger partial charge in [-0.05, 0) is 72.3 Å². The van der Waals surface area contributed by atoms with Gasteiger partial charge in [0.25, 0.3) is 5.91 Å². The fourth-order valence-electron chi connectivity index (χ4n) is 3.16. The molecule has 0 atom stereocenters. The number of amides is 1. The second-order valence-electron chi connectivity index (χ2n) is 6.74. The van der Waals surface area contributed by atoms with Crippen LogP contribution < -0.4 is 9.64 Å². The number of anilines is 1. The van der Waals surface area contributed by atoms with Gasteiger partial charge in [0.1, 0.15) is 17.3 Å². The van der Waals surface area contributed by atoms with Crippen molar-refractivity contribution in [2.45, 2.75) is 0 Å². The summed E-state index contributed by atoms with van der Waals surface area (Å²) in [7, 11) is 1.58. The molecule has 154 valence electrons. The molecule has 7 heteroatoms. The Hall–Kier alpha value is -3.90. The molecule has 1 N–H and O–H groups in total. The Labute approximate surface area is 183 Å². The summed E-state index contributed by atoms with van der Waals surface area (Å²) in [6, 6.07) is 20.4. The highest BCUT2D eigenvalue weighted by Crippen LogP contribution is 2.29. The summed E-state index contributed by atoms with van der Waals surface area (Å²) in [5.74, 6) is -0.155. The monoisotopic (exact) mass is 432 g/mol. The van der Waals surface area contributed by atoms with Crippen molar-refractivity contribution in [2.75, 3.05) is 12.0 Å². The van der Waals surface area contributed by atoms with Crippen LogP contribution in [0.1, 0.15) is 21.5 Å². The molecule has 0 fully saturated rings. The smallest absolute Gasteiger partial charge is 0.335 e. The summed E-state index contributed by atoms with van der Waals surface area (Å²) in [5, 5.41) is 9.65. The third kappa shape index (κ3) is 4.20. The molecule has 3 aromatic carbocycles. The minimum absolute atomic E-state index is 0.171. The number of nitrogens with zero attached hydrogens (tertiary/aromatic N) is 2. The zero-order valence-corrected chi connectivity index (χ0v) is 17.2. The second-order valence-corrected chi connectivity index (χ2v) is 7.17. The number of aromatic carboxylic acids is 1. The van der Waals surface area contributed by atoms with Crippen LogP contribution in [0.25, 0.3) is 6.08 Å². The van der Waals surface area contributed by atoms with Gasteiger partial charge in [-0.3, -0.25) is 9.69 Å². The number of methoxy groups -OCH3 is 1. The van der Waals surface area contributed by atoms with Gasteiger partial charge in [-0.15, -0.1) is 0 Å². The van der Waals surface area contributed by atoms with E-state index in [0.717, 1.165) is 5.56 Å². The van der Waals surface area contributed by atoms with Gasteiger partial charge in [0.05, 0.1) is 18.4 Å². The van der Waals surface area contributed by atoms with Crippen LogP contribution in [0.2, 0.25) is 5.02 Å². The number of rotatable bonds is 5. The fraction of sp³-hybridized carbons (Fsp3) is 0.0417. The molecule has 0 radical (unpaired) electrons. The van der Waals surface area contributed by atoms with Crippen molar-refractivity contribution in [3.8, 4) is 5.75 Å². The molecule has 0 saturated carbocycles. The van der Waals surface area contributed by atoms with Crippen LogP contribution in [0.4, 0.5) is 5.69 Å². The SMILES string of the molecule is COc1ccc(N2C(=O)/C(=C\c3ccc(C(=O)O)cc3)N=C2c2ccc(Cl)cc2)cc1. The van der Waals surface area contributed by atoms with Crippen LogP contribution in [-0.2, 0) is 4.79 Å². The first kappa shape index (κ1) is 20.4. The fourth-order valence-corrected chi connectivity index (χ4v) is 3.29. The van der Waals surface area contributed by atoms with Crippen molar-refractivity contribution in [3.63, 3.8) is 0 Å². The van der Waals surface area contributed by atoms with E-state index in [-0.39, 0.29) is 17.2 Å². The van der Waals surface area contributed by atoms with E-state index in [2.05, 4.69) is 4.99 Å². The molecule has 0 spiro atoms. The lowest BCUT2D eigenvalue weighted by Crippen LogP contribution is -2.32. The lowest BCUT2D eigenvalue weighted by Gasteiger charge is -2.19. The second kappa shape index (κ2) is 8.45. The molecule has 4 rings (SSSR count). The molecule has 3 aromatic rings. The van der Waals surface area contributed by atoms with Crippen molar-refractivity contribution in [2.24, 2.45) is 4.99 Å². The third-order valence-corrected chi connectivity index (χ3v) is 5.01. The van der Waals surface area contributed by atoms with Crippen LogP contribution >= 0.6 is 11.6 Å². The van der Waals surface area contributed by atoms with Gasteiger partial charge in [0.15, 0.2) is 0 Å². The van der Waals surface area contributed by atoms with E-state index in [1.807, 2.05) is 0 Å². The summed E-state index contributed by atoms with van der Waals surface area (Å²) in [6.45, 7) is 0. The lowest BCUT2D eigenvalue weighted by atomic mass is 10.1. The first-order valence-electron chi connectivity index (χ1n) is 9.34. The summed E-state index contributed by atoms with van der Waals surface area (Å²) in [4.78, 5) is 30.5. The van der Waals surface area contributed by atoms with E-state index in [9.17, 15) is 9.59 Å². The summed E-state index contributed by atoms with van der Waals surface area (Å²) in [5.41, 5.74) is 2.46. The van der Waals surface area contributed by atoms with Crippen LogP contribution in [-0.4, -0.2) is 29.9 Å². The Bertz CT molecular complexity index is 1200. The number of carboxylic acids is 1. The Kier molecular flexibility index (Phi) is 5.56. The number of carbonyl (C=O) groups excluding carboxylic acids is 1. The van der Waals surface area contributed by atoms with E-state index >= 15 is 0 Å². The van der Waals surface area contributed by atoms with Crippen molar-refractivity contribution in [1.29, 1.82) is 0 Å². The molecule has 0 bridgehead atoms. The number of hydrogen-bond donors (Lipinski definition) is 1. The topological polar surface area (TPSA) is 79.2 Å². The third-order valence-electron chi connectivity index (χ3n) is 4.75. The normalized spacial score (nSPS) is 14.6. The maximum atomic E-state index is 13.3. The van der Waals surface area contributed by atoms with Crippen LogP contribution in [0.5, 0.6) is 5.75 Å². The van der Waals surface area contributed by atoms with Gasteiger partial charge in [-0.1, -0.05) is 23.7 Å². The van der Waals surface area contributed by atoms with Crippen LogP contribution in [0.15, 0.2) is 83.5 Å². The minimum Gasteiger partial charge on any atom is -0.497 e. The van der Waals surface area contributed by atoms with Gasteiger partial charge in [0.2, 0.25) is 0 Å². The molecule has 1 heterocycles. The van der Waals surface area contributed by atoms with Crippen LogP contribution in [0, 0.1) is 0 Å². The van der Waals surface area contributed by atoms with Gasteiger partial charge in [-0.2, -0.15) is 0 Å². The number of carbonyl (C=O) groups is 2. The number of benzene rings is 3. The number of ether oxygens (including phenoxy) is 1. The zero-order valence-electron chi connectivity index (χ0n) is 16.4. The van der Waals surface area contributed by atoms with Crippen LogP contribution in [0.3, 0.4) is 0 Å². The average molecular weight is 433 g/mol. The largest absolute Gasteiger partial charge is 0.497 e. The van der Waals surface area contributed by atoms with Gasteiger partial charge in [0, 0.05) is 10.6 Å². The molecular formula is C24H17ClN2O4. The molecule has 0 aliphatic carbocycles. The van der Waals surface area contributed by atoms with E-state index in [4.69, 9.17) is 21.4 Å². The number of carboxylic acid groups (broad SMARTS) is 1. The summed E-state index contributed by atoms with van der Waals surface area (Å²) < 4.78 is 5.21. The predicted molar refractivity (Wildman–Crippen MR) is 120 cm³/mol. The van der Waals surface area contributed by atoms with Crippen molar-refractivity contribution in [3.05, 3.63) is 100 Å². The quantitative estimate of drug-likeness (QED) is 0.582. The van der Waals surface area contributed by atoms with Gasteiger partial charge in [-0.25, -0.2) is 9.79 Å². The molecule has 31 heavy (non-hydrogen) atoms. The van der Waals surface area contributed by atoms with E-state index in [1.54, 1.807) is 73.8 Å². The predicted octanol–water partition coefficient (Wildman–Crippen LogP) is 4.88. The number of halogens is 1. The first-order chi connectivity index (χ1) is 15.0. The molecule has 0 unspecified atom stereocenters. The van der Waals surface area contributed by atoms with E-state index in [1.165, 1.54) is 17.0 Å². The maximum absolute atomic E-state index is 13.3. The Balaban J connectivity index is 1.77. The molecule has 0 saturated heterocycles. The van der Waals surface area contributed by atoms with Crippen molar-refractivity contribution in [1.82, 2.24) is 0 Å². The van der Waals surface area contributed by atoms with Crippen molar-refractivity contribution < 1.29 is 19.4 Å². The Morgan fingerprint density at radius 3 is 2.23 bits per heavy atom.